The number of alkyl halides is 1. The molecule has 1 aromatic rings. The molecule has 1 N–H and O–H groups in total. The largest absolute Gasteiger partial charge is 0.352 e. The van der Waals surface area contributed by atoms with Crippen LogP contribution < -0.4 is 5.32 Å². The molecule has 1 aliphatic heterocycles. The Hall–Kier alpha value is -0.650. The van der Waals surface area contributed by atoms with Crippen LogP contribution in [-0.4, -0.2) is 35.8 Å². The lowest BCUT2D eigenvalue weighted by Gasteiger charge is -2.31. The lowest BCUT2D eigenvalue weighted by molar-refractivity contribution is -0.119. The molecule has 1 fully saturated rings. The Balaban J connectivity index is 1.75. The second-order valence-corrected chi connectivity index (χ2v) is 5.84. The summed E-state index contributed by atoms with van der Waals surface area (Å²) in [5, 5.41) is 2.77. The minimum absolute atomic E-state index is 0.0225. The van der Waals surface area contributed by atoms with E-state index in [0.717, 1.165) is 37.4 Å². The zero-order chi connectivity index (χ0) is 13.0. The number of hydrogen-bond donors (Lipinski definition) is 1. The van der Waals surface area contributed by atoms with Gasteiger partial charge in [0.2, 0.25) is 5.91 Å². The molecular formula is C12H16ClFN2OS. The molecule has 0 atom stereocenters. The summed E-state index contributed by atoms with van der Waals surface area (Å²) in [5.41, 5.74) is 0. The number of halogens is 2. The second-order valence-electron chi connectivity index (χ2n) is 4.46. The van der Waals surface area contributed by atoms with Crippen LogP contribution in [0.3, 0.4) is 0 Å². The Kier molecular flexibility index (Phi) is 4.97. The predicted molar refractivity (Wildman–Crippen MR) is 71.4 cm³/mol. The molecule has 0 unspecified atom stereocenters. The number of carbonyl (C=O) groups excluding carboxylic acids is 1. The topological polar surface area (TPSA) is 32.3 Å². The fraction of sp³-hybridized carbons (Fsp3) is 0.583. The van der Waals surface area contributed by atoms with Gasteiger partial charge in [-0.3, -0.25) is 9.69 Å². The zero-order valence-corrected chi connectivity index (χ0v) is 11.6. The molecule has 18 heavy (non-hydrogen) atoms. The Morgan fingerprint density at radius 2 is 2.22 bits per heavy atom. The van der Waals surface area contributed by atoms with Crippen molar-refractivity contribution < 1.29 is 9.18 Å². The van der Waals surface area contributed by atoms with E-state index in [-0.39, 0.29) is 23.0 Å². The maximum absolute atomic E-state index is 12.9. The summed E-state index contributed by atoms with van der Waals surface area (Å²) in [6.07, 6.45) is 1.85. The number of nitrogens with one attached hydrogen (secondary N) is 1. The van der Waals surface area contributed by atoms with Gasteiger partial charge in [0, 0.05) is 30.6 Å². The van der Waals surface area contributed by atoms with E-state index in [4.69, 9.17) is 11.6 Å². The molecule has 0 aromatic carbocycles. The molecule has 100 valence electrons. The molecule has 1 aliphatic rings. The van der Waals surface area contributed by atoms with Gasteiger partial charge >= 0.3 is 0 Å². The zero-order valence-electron chi connectivity index (χ0n) is 9.99. The molecule has 2 heterocycles. The van der Waals surface area contributed by atoms with Gasteiger partial charge in [0.05, 0.1) is 0 Å². The van der Waals surface area contributed by atoms with Gasteiger partial charge in [-0.05, 0) is 25.0 Å². The van der Waals surface area contributed by atoms with Crippen LogP contribution in [0.15, 0.2) is 12.1 Å². The Bertz CT molecular complexity index is 405. The van der Waals surface area contributed by atoms with E-state index in [2.05, 4.69) is 10.2 Å². The maximum Gasteiger partial charge on any atom is 0.235 e. The molecule has 0 radical (unpaired) electrons. The number of thiophene rings is 1. The van der Waals surface area contributed by atoms with Crippen molar-refractivity contribution in [3.63, 3.8) is 0 Å². The van der Waals surface area contributed by atoms with Crippen molar-refractivity contribution in [3.8, 4) is 0 Å². The first-order valence-electron chi connectivity index (χ1n) is 5.99. The van der Waals surface area contributed by atoms with Gasteiger partial charge in [-0.25, -0.2) is 0 Å². The summed E-state index contributed by atoms with van der Waals surface area (Å²) in [5.74, 6) is -0.0789. The molecule has 1 saturated heterocycles. The van der Waals surface area contributed by atoms with Gasteiger partial charge in [0.25, 0.3) is 0 Å². The van der Waals surface area contributed by atoms with Crippen molar-refractivity contribution >= 4 is 28.8 Å². The third-order valence-corrected chi connectivity index (χ3v) is 4.18. The molecule has 2 rings (SSSR count). The standard InChI is InChI=1S/C12H16ClFN2OS/c13-7-12(17)15-9-3-5-16(6-4-9)8-10-1-2-11(14)18-10/h1-2,9H,3-8H2,(H,15,17). The van der Waals surface area contributed by atoms with Crippen LogP contribution in [0.5, 0.6) is 0 Å². The molecule has 6 heteroatoms. The van der Waals surface area contributed by atoms with Crippen molar-refractivity contribution in [1.82, 2.24) is 10.2 Å². The van der Waals surface area contributed by atoms with Crippen LogP contribution in [0.4, 0.5) is 4.39 Å². The molecule has 1 aromatic heterocycles. The minimum atomic E-state index is -0.130. The van der Waals surface area contributed by atoms with E-state index in [9.17, 15) is 9.18 Å². The third-order valence-electron chi connectivity index (χ3n) is 3.08. The molecule has 3 nitrogen and oxygen atoms in total. The number of likely N-dealkylation sites (tertiary alicyclic amines) is 1. The van der Waals surface area contributed by atoms with Crippen molar-refractivity contribution in [3.05, 3.63) is 22.1 Å². The van der Waals surface area contributed by atoms with Gasteiger partial charge in [0.1, 0.15) is 5.88 Å². The van der Waals surface area contributed by atoms with Gasteiger partial charge in [0.15, 0.2) is 5.13 Å². The highest BCUT2D eigenvalue weighted by Gasteiger charge is 2.20. The number of rotatable bonds is 4. The first-order valence-corrected chi connectivity index (χ1v) is 7.34. The van der Waals surface area contributed by atoms with Crippen LogP contribution in [0, 0.1) is 5.13 Å². The Morgan fingerprint density at radius 1 is 1.50 bits per heavy atom. The van der Waals surface area contributed by atoms with E-state index in [0.29, 0.717) is 0 Å². The molecule has 0 bridgehead atoms. The highest BCUT2D eigenvalue weighted by atomic mass is 35.5. The average Bonchev–Trinajstić information content (AvgIpc) is 2.77. The number of carbonyl (C=O) groups is 1. The molecule has 0 spiro atoms. The van der Waals surface area contributed by atoms with E-state index >= 15 is 0 Å². The number of piperidine rings is 1. The van der Waals surface area contributed by atoms with Gasteiger partial charge in [-0.15, -0.1) is 22.9 Å². The highest BCUT2D eigenvalue weighted by molar-refractivity contribution is 7.10. The van der Waals surface area contributed by atoms with Crippen LogP contribution in [0.1, 0.15) is 17.7 Å². The molecule has 1 amide bonds. The van der Waals surface area contributed by atoms with Gasteiger partial charge in [-0.2, -0.15) is 4.39 Å². The fourth-order valence-corrected chi connectivity index (χ4v) is 3.01. The van der Waals surface area contributed by atoms with Crippen LogP contribution in [0.25, 0.3) is 0 Å². The summed E-state index contributed by atoms with van der Waals surface area (Å²) in [6, 6.07) is 3.57. The van der Waals surface area contributed by atoms with E-state index < -0.39 is 0 Å². The lowest BCUT2D eigenvalue weighted by Crippen LogP contribution is -2.44. The normalized spacial score (nSPS) is 17.9. The van der Waals surface area contributed by atoms with Crippen LogP contribution in [-0.2, 0) is 11.3 Å². The number of amides is 1. The number of hydrogen-bond acceptors (Lipinski definition) is 3. The third kappa shape index (κ3) is 3.93. The smallest absolute Gasteiger partial charge is 0.235 e. The summed E-state index contributed by atoms with van der Waals surface area (Å²) in [6.45, 7) is 2.64. The molecule has 0 saturated carbocycles. The Labute approximate surface area is 115 Å². The maximum atomic E-state index is 12.9. The summed E-state index contributed by atoms with van der Waals surface area (Å²) >= 11 is 6.65. The second kappa shape index (κ2) is 6.50. The summed E-state index contributed by atoms with van der Waals surface area (Å²) in [7, 11) is 0. The van der Waals surface area contributed by atoms with E-state index in [1.807, 2.05) is 6.07 Å². The summed E-state index contributed by atoms with van der Waals surface area (Å²) < 4.78 is 12.9. The highest BCUT2D eigenvalue weighted by Crippen LogP contribution is 2.19. The fourth-order valence-electron chi connectivity index (χ4n) is 2.16. The first-order chi connectivity index (χ1) is 8.67. The molecule has 0 aliphatic carbocycles. The van der Waals surface area contributed by atoms with E-state index in [1.54, 1.807) is 0 Å². The van der Waals surface area contributed by atoms with Crippen LogP contribution in [0.2, 0.25) is 0 Å². The van der Waals surface area contributed by atoms with Crippen molar-refractivity contribution in [2.45, 2.75) is 25.4 Å². The van der Waals surface area contributed by atoms with Crippen molar-refractivity contribution in [2.75, 3.05) is 19.0 Å². The van der Waals surface area contributed by atoms with Crippen molar-refractivity contribution in [2.24, 2.45) is 0 Å². The summed E-state index contributed by atoms with van der Waals surface area (Å²) in [4.78, 5) is 14.5. The molecular weight excluding hydrogens is 275 g/mol. The lowest BCUT2D eigenvalue weighted by atomic mass is 10.1. The average molecular weight is 291 g/mol. The monoisotopic (exact) mass is 290 g/mol. The quantitative estimate of drug-likeness (QED) is 0.862. The van der Waals surface area contributed by atoms with E-state index in [1.165, 1.54) is 17.4 Å². The SMILES string of the molecule is O=C(CCl)NC1CCN(Cc2ccc(F)s2)CC1. The predicted octanol–water partition coefficient (Wildman–Crippen LogP) is 2.21. The number of nitrogens with zero attached hydrogens (tertiary/aromatic N) is 1. The first kappa shape index (κ1) is 13.8. The van der Waals surface area contributed by atoms with Gasteiger partial charge in [-0.1, -0.05) is 0 Å². The van der Waals surface area contributed by atoms with Crippen molar-refractivity contribution in [1.29, 1.82) is 0 Å². The Morgan fingerprint density at radius 3 is 2.78 bits per heavy atom. The van der Waals surface area contributed by atoms with Crippen LogP contribution >= 0.6 is 22.9 Å². The van der Waals surface area contributed by atoms with Gasteiger partial charge < -0.3 is 5.32 Å². The minimum Gasteiger partial charge on any atom is -0.352 e.